The van der Waals surface area contributed by atoms with Gasteiger partial charge in [0.15, 0.2) is 11.6 Å². The summed E-state index contributed by atoms with van der Waals surface area (Å²) in [7, 11) is 1.93. The summed E-state index contributed by atoms with van der Waals surface area (Å²) in [6, 6.07) is 19.0. The molecule has 1 atom stereocenters. The van der Waals surface area contributed by atoms with Crippen molar-refractivity contribution in [1.82, 2.24) is 44.7 Å². The number of halogens is 1. The summed E-state index contributed by atoms with van der Waals surface area (Å²) >= 11 is 0. The molecular weight excluding hydrogens is 800 g/mol. The fraction of sp³-hybridized carbons (Fsp3) is 0.479. The van der Waals surface area contributed by atoms with Crippen LogP contribution in [0, 0.1) is 11.7 Å². The maximum atomic E-state index is 15.0. The van der Waals surface area contributed by atoms with E-state index in [-0.39, 0.29) is 40.9 Å². The molecule has 15 heteroatoms. The molecule has 3 N–H and O–H groups in total. The molecule has 0 bridgehead atoms. The van der Waals surface area contributed by atoms with Gasteiger partial charge >= 0.3 is 0 Å². The molecule has 14 nitrogen and oxygen atoms in total. The average Bonchev–Trinajstić information content (AvgIpc) is 3.62. The van der Waals surface area contributed by atoms with Gasteiger partial charge in [0.2, 0.25) is 17.8 Å². The normalized spacial score (nSPS) is 22.0. The summed E-state index contributed by atoms with van der Waals surface area (Å²) < 4.78 is 18.4. The van der Waals surface area contributed by atoms with Gasteiger partial charge in [-0.05, 0) is 126 Å². The van der Waals surface area contributed by atoms with Crippen LogP contribution in [0.15, 0.2) is 77.9 Å². The van der Waals surface area contributed by atoms with Gasteiger partial charge in [-0.2, -0.15) is 5.10 Å². The van der Waals surface area contributed by atoms with E-state index in [1.807, 2.05) is 11.7 Å². The number of hydrogen-bond donors (Lipinski definition) is 3. The molecule has 330 valence electrons. The number of nitrogens with zero attached hydrogens (tertiary/aromatic N) is 7. The van der Waals surface area contributed by atoms with E-state index in [4.69, 9.17) is 5.10 Å². The molecule has 1 unspecified atom stereocenters. The van der Waals surface area contributed by atoms with Gasteiger partial charge < -0.3 is 15.5 Å². The predicted molar refractivity (Wildman–Crippen MR) is 239 cm³/mol. The number of rotatable bonds is 13. The van der Waals surface area contributed by atoms with Gasteiger partial charge in [-0.1, -0.05) is 30.3 Å². The number of nitrogens with one attached hydrogen (secondary N) is 3. The molecule has 2 aromatic carbocycles. The second-order valence-electron chi connectivity index (χ2n) is 18.0. The Balaban J connectivity index is 0.671. The highest BCUT2D eigenvalue weighted by molar-refractivity contribution is 6.02. The molecule has 1 aliphatic carbocycles. The monoisotopic (exact) mass is 856 g/mol. The highest BCUT2D eigenvalue weighted by atomic mass is 19.1. The van der Waals surface area contributed by atoms with Crippen molar-refractivity contribution < 1.29 is 18.8 Å². The number of amides is 2. The van der Waals surface area contributed by atoms with Crippen LogP contribution in [-0.4, -0.2) is 110 Å². The average molecular weight is 857 g/mol. The highest BCUT2D eigenvalue weighted by Gasteiger charge is 2.32. The molecule has 6 heterocycles. The zero-order valence-electron chi connectivity index (χ0n) is 36.0. The molecule has 1 saturated carbocycles. The smallest absolute Gasteiger partial charge is 0.255 e. The molecule has 3 saturated heterocycles. The number of imide groups is 1. The molecule has 3 aromatic heterocycles. The second kappa shape index (κ2) is 19.0. The standard InChI is InChI=1S/C48H57FN10O4/c1-56-42-26-33(8-13-39(42)46(55-56)40-14-15-43(61)53-47(40)63)32-18-23-57(24-19-32)29-31-16-21-58(22-17-31)30-38(60)27-50-35-9-11-36(12-10-35)52-48-51-28-41(49)45(54-48)34-5-4-6-37(25-34)59-20-3-2-7-44(59)62/h2-8,13,20,25-26,28,31-32,35-36,40,50H,9-12,14-19,21-24,27,29-30H2,1H3,(H,51,52,54)(H,53,61,63). The van der Waals surface area contributed by atoms with E-state index < -0.39 is 11.7 Å². The van der Waals surface area contributed by atoms with Crippen molar-refractivity contribution in [2.24, 2.45) is 13.0 Å². The number of anilines is 1. The Labute approximate surface area is 366 Å². The van der Waals surface area contributed by atoms with E-state index in [9.17, 15) is 23.6 Å². The van der Waals surface area contributed by atoms with Gasteiger partial charge in [0, 0.05) is 61.0 Å². The lowest BCUT2D eigenvalue weighted by Gasteiger charge is -2.37. The summed E-state index contributed by atoms with van der Waals surface area (Å²) in [5, 5.41) is 15.1. The van der Waals surface area contributed by atoms with Crippen LogP contribution >= 0.6 is 0 Å². The summed E-state index contributed by atoms with van der Waals surface area (Å²) in [5.74, 6) is 0.356. The van der Waals surface area contributed by atoms with Crippen molar-refractivity contribution in [3.63, 3.8) is 0 Å². The van der Waals surface area contributed by atoms with Crippen molar-refractivity contribution in [3.8, 4) is 16.9 Å². The molecule has 3 aliphatic heterocycles. The third kappa shape index (κ3) is 9.95. The largest absolute Gasteiger partial charge is 0.351 e. The van der Waals surface area contributed by atoms with Crippen molar-refractivity contribution in [2.75, 3.05) is 51.1 Å². The molecule has 9 rings (SSSR count). The van der Waals surface area contributed by atoms with Gasteiger partial charge in [-0.3, -0.25) is 38.6 Å². The van der Waals surface area contributed by atoms with E-state index in [1.165, 1.54) is 22.4 Å². The van der Waals surface area contributed by atoms with Gasteiger partial charge in [-0.15, -0.1) is 0 Å². The summed E-state index contributed by atoms with van der Waals surface area (Å²) in [4.78, 5) is 63.4. The van der Waals surface area contributed by atoms with Crippen LogP contribution in [0.25, 0.3) is 27.8 Å². The first-order chi connectivity index (χ1) is 30.6. The van der Waals surface area contributed by atoms with Crippen LogP contribution in [0.2, 0.25) is 0 Å². The second-order valence-corrected chi connectivity index (χ2v) is 18.0. The minimum Gasteiger partial charge on any atom is -0.351 e. The number of carbonyl (C=O) groups excluding carboxylic acids is 3. The Kier molecular flexibility index (Phi) is 12.9. The highest BCUT2D eigenvalue weighted by Crippen LogP contribution is 2.35. The van der Waals surface area contributed by atoms with E-state index in [0.717, 1.165) is 101 Å². The Morgan fingerprint density at radius 1 is 0.857 bits per heavy atom. The third-order valence-corrected chi connectivity index (χ3v) is 13.8. The first kappa shape index (κ1) is 42.7. The van der Waals surface area contributed by atoms with Crippen LogP contribution in [0.4, 0.5) is 10.3 Å². The number of ketones is 1. The zero-order chi connectivity index (χ0) is 43.5. The van der Waals surface area contributed by atoms with Gasteiger partial charge in [0.25, 0.3) is 5.56 Å². The molecule has 2 amide bonds. The van der Waals surface area contributed by atoms with Gasteiger partial charge in [0.05, 0.1) is 36.4 Å². The molecule has 0 radical (unpaired) electrons. The quantitative estimate of drug-likeness (QED) is 0.132. The Morgan fingerprint density at radius 3 is 2.41 bits per heavy atom. The van der Waals surface area contributed by atoms with Crippen molar-refractivity contribution >= 4 is 34.4 Å². The van der Waals surface area contributed by atoms with Crippen LogP contribution < -0.4 is 21.5 Å². The number of piperidine rings is 3. The molecule has 0 spiro atoms. The number of hydrogen-bond acceptors (Lipinski definition) is 11. The number of benzene rings is 2. The lowest BCUT2D eigenvalue weighted by Crippen LogP contribution is -2.45. The van der Waals surface area contributed by atoms with E-state index in [2.05, 4.69) is 53.9 Å². The lowest BCUT2D eigenvalue weighted by molar-refractivity contribution is -0.134. The number of fused-ring (bicyclic) bond motifs is 1. The zero-order valence-corrected chi connectivity index (χ0v) is 36.0. The summed E-state index contributed by atoms with van der Waals surface area (Å²) in [6.07, 6.45) is 11.8. The maximum absolute atomic E-state index is 15.0. The minimum atomic E-state index is -0.532. The molecular formula is C48H57FN10O4. The fourth-order valence-electron chi connectivity index (χ4n) is 10.2. The van der Waals surface area contributed by atoms with Crippen LogP contribution in [0.5, 0.6) is 0 Å². The summed E-state index contributed by atoms with van der Waals surface area (Å²) in [5.41, 5.74) is 4.31. The Hall–Kier alpha value is -5.64. The predicted octanol–water partition coefficient (Wildman–Crippen LogP) is 5.31. The van der Waals surface area contributed by atoms with Crippen molar-refractivity contribution in [2.45, 2.75) is 88.1 Å². The maximum Gasteiger partial charge on any atom is 0.255 e. The van der Waals surface area contributed by atoms with Gasteiger partial charge in [-0.25, -0.2) is 14.4 Å². The Bertz CT molecular complexity index is 2520. The first-order valence-corrected chi connectivity index (χ1v) is 22.7. The number of likely N-dealkylation sites (tertiary alicyclic amines) is 2. The number of aryl methyl sites for hydroxylation is 1. The molecule has 4 aliphatic rings. The van der Waals surface area contributed by atoms with E-state index in [0.29, 0.717) is 55.0 Å². The van der Waals surface area contributed by atoms with Crippen molar-refractivity contribution in [3.05, 3.63) is 100 Å². The first-order valence-electron chi connectivity index (χ1n) is 22.7. The summed E-state index contributed by atoms with van der Waals surface area (Å²) in [6.45, 7) is 6.06. The number of pyridine rings is 1. The number of carbonyl (C=O) groups is 3. The van der Waals surface area contributed by atoms with Gasteiger partial charge in [0.1, 0.15) is 5.69 Å². The molecule has 4 fully saturated rings. The third-order valence-electron chi connectivity index (χ3n) is 13.8. The van der Waals surface area contributed by atoms with Crippen molar-refractivity contribution in [1.29, 1.82) is 0 Å². The number of Topliss-reactive ketones (excluding diaryl/α,β-unsaturated/α-hetero) is 1. The fourth-order valence-corrected chi connectivity index (χ4v) is 10.2. The van der Waals surface area contributed by atoms with Crippen LogP contribution in [0.3, 0.4) is 0 Å². The molecule has 5 aromatic rings. The lowest BCUT2D eigenvalue weighted by atomic mass is 9.87. The van der Waals surface area contributed by atoms with Crippen LogP contribution in [0.1, 0.15) is 87.3 Å². The molecule has 63 heavy (non-hydrogen) atoms. The SMILES string of the molecule is Cn1nc(C2CCC(=O)NC2=O)c2ccc(C3CCN(CC4CCN(CC(=O)CNC5CCC(Nc6ncc(F)c(-c7cccc(-n8ccccc8=O)c7)n6)CC5)CC4)CC3)cc21. The van der Waals surface area contributed by atoms with E-state index >= 15 is 0 Å². The van der Waals surface area contributed by atoms with E-state index in [1.54, 1.807) is 42.6 Å². The number of aromatic nitrogens is 5. The minimum absolute atomic E-state index is 0.144. The van der Waals surface area contributed by atoms with Crippen LogP contribution in [-0.2, 0) is 21.4 Å². The topological polar surface area (TPSA) is 159 Å². The Morgan fingerprint density at radius 2 is 1.63 bits per heavy atom.